The molecule has 92 valence electrons. The number of halogens is 1. The molecule has 0 amide bonds. The minimum atomic E-state index is 0.660. The average molecular weight is 268 g/mol. The fraction of sp³-hybridized carbons (Fsp3) is 0.571. The van der Waals surface area contributed by atoms with Crippen molar-refractivity contribution in [3.63, 3.8) is 0 Å². The van der Waals surface area contributed by atoms with Gasteiger partial charge in [0.25, 0.3) is 0 Å². The summed E-state index contributed by atoms with van der Waals surface area (Å²) in [5, 5.41) is 5.30. The Morgan fingerprint density at radius 3 is 2.82 bits per heavy atom. The van der Waals surface area contributed by atoms with Crippen LogP contribution in [0.3, 0.4) is 0 Å². The molecule has 1 aromatic carbocycles. The van der Waals surface area contributed by atoms with Crippen molar-refractivity contribution in [2.75, 3.05) is 6.54 Å². The Hall–Kier alpha value is -0.180. The maximum atomic E-state index is 6.35. The zero-order valence-electron chi connectivity index (χ0n) is 9.92. The van der Waals surface area contributed by atoms with E-state index in [0.29, 0.717) is 6.04 Å². The molecule has 17 heavy (non-hydrogen) atoms. The van der Waals surface area contributed by atoms with Gasteiger partial charge in [-0.1, -0.05) is 17.7 Å². The van der Waals surface area contributed by atoms with E-state index < -0.39 is 0 Å². The first-order chi connectivity index (χ1) is 8.31. The van der Waals surface area contributed by atoms with E-state index in [9.17, 15) is 0 Å². The lowest BCUT2D eigenvalue weighted by Gasteiger charge is -2.11. The molecule has 1 aromatic rings. The first kappa shape index (κ1) is 11.9. The van der Waals surface area contributed by atoms with E-state index in [4.69, 9.17) is 11.6 Å². The van der Waals surface area contributed by atoms with Crippen LogP contribution < -0.4 is 5.32 Å². The summed E-state index contributed by atoms with van der Waals surface area (Å²) in [4.78, 5) is 1.26. The van der Waals surface area contributed by atoms with E-state index in [0.717, 1.165) is 16.7 Å². The van der Waals surface area contributed by atoms with Gasteiger partial charge in [-0.2, -0.15) is 0 Å². The minimum Gasteiger partial charge on any atom is -0.314 e. The van der Waals surface area contributed by atoms with E-state index in [1.54, 1.807) is 0 Å². The predicted molar refractivity (Wildman–Crippen MR) is 75.1 cm³/mol. The second-order valence-corrected chi connectivity index (χ2v) is 6.83. The van der Waals surface area contributed by atoms with E-state index in [-0.39, 0.29) is 0 Å². The van der Waals surface area contributed by atoms with Gasteiger partial charge < -0.3 is 5.32 Å². The van der Waals surface area contributed by atoms with Crippen LogP contribution in [-0.4, -0.2) is 17.8 Å². The Kier molecular flexibility index (Phi) is 3.64. The first-order valence-electron chi connectivity index (χ1n) is 6.50. The summed E-state index contributed by atoms with van der Waals surface area (Å²) >= 11 is 8.29. The van der Waals surface area contributed by atoms with Crippen LogP contribution in [0.5, 0.6) is 0 Å². The fourth-order valence-electron chi connectivity index (χ4n) is 2.35. The van der Waals surface area contributed by atoms with Crippen LogP contribution in [0, 0.1) is 0 Å². The van der Waals surface area contributed by atoms with Crippen molar-refractivity contribution in [3.05, 3.63) is 28.8 Å². The van der Waals surface area contributed by atoms with Crippen LogP contribution >= 0.6 is 23.4 Å². The van der Waals surface area contributed by atoms with Crippen LogP contribution in [0.25, 0.3) is 0 Å². The van der Waals surface area contributed by atoms with Crippen molar-refractivity contribution in [1.29, 1.82) is 0 Å². The van der Waals surface area contributed by atoms with Gasteiger partial charge in [0, 0.05) is 16.2 Å². The van der Waals surface area contributed by atoms with Crippen molar-refractivity contribution in [2.24, 2.45) is 0 Å². The molecule has 1 aliphatic heterocycles. The highest BCUT2D eigenvalue weighted by molar-refractivity contribution is 8.00. The molecule has 1 saturated heterocycles. The quantitative estimate of drug-likeness (QED) is 0.888. The van der Waals surface area contributed by atoms with Crippen LogP contribution in [0.15, 0.2) is 23.1 Å². The van der Waals surface area contributed by atoms with E-state index >= 15 is 0 Å². The van der Waals surface area contributed by atoms with Crippen molar-refractivity contribution >= 4 is 23.4 Å². The molecule has 1 nitrogen and oxygen atoms in total. The van der Waals surface area contributed by atoms with Gasteiger partial charge in [0.1, 0.15) is 0 Å². The highest BCUT2D eigenvalue weighted by atomic mass is 35.5. The summed E-state index contributed by atoms with van der Waals surface area (Å²) in [6.45, 7) is 1.17. The summed E-state index contributed by atoms with van der Waals surface area (Å²) < 4.78 is 0. The van der Waals surface area contributed by atoms with Crippen molar-refractivity contribution in [2.45, 2.75) is 48.3 Å². The molecule has 0 bridgehead atoms. The third-order valence-electron chi connectivity index (χ3n) is 3.46. The maximum absolute atomic E-state index is 6.35. The molecule has 1 saturated carbocycles. The van der Waals surface area contributed by atoms with Gasteiger partial charge in [-0.05, 0) is 56.3 Å². The highest BCUT2D eigenvalue weighted by Crippen LogP contribution is 2.42. The summed E-state index contributed by atoms with van der Waals surface area (Å²) in [5.74, 6) is 0. The number of benzene rings is 1. The normalized spacial score (nSPS) is 24.2. The molecule has 1 heterocycles. The Balaban J connectivity index is 1.66. The molecule has 1 aliphatic carbocycles. The number of nitrogens with one attached hydrogen (secondary N) is 1. The lowest BCUT2D eigenvalue weighted by Crippen LogP contribution is -2.23. The van der Waals surface area contributed by atoms with E-state index in [1.165, 1.54) is 42.7 Å². The molecule has 2 fully saturated rings. The van der Waals surface area contributed by atoms with Crippen molar-refractivity contribution in [3.8, 4) is 0 Å². The molecule has 2 aliphatic rings. The monoisotopic (exact) mass is 267 g/mol. The lowest BCUT2D eigenvalue weighted by atomic mass is 10.1. The summed E-state index contributed by atoms with van der Waals surface area (Å²) in [6, 6.07) is 7.27. The Morgan fingerprint density at radius 2 is 2.18 bits per heavy atom. The van der Waals surface area contributed by atoms with E-state index in [2.05, 4.69) is 23.5 Å². The molecule has 1 unspecified atom stereocenters. The predicted octanol–water partition coefficient (Wildman–Crippen LogP) is 3.89. The largest absolute Gasteiger partial charge is 0.314 e. The number of thioether (sulfide) groups is 1. The second kappa shape index (κ2) is 5.21. The SMILES string of the molecule is Clc1cc(CC2CCCN2)ccc1SC1CC1. The van der Waals surface area contributed by atoms with E-state index in [1.807, 2.05) is 11.8 Å². The van der Waals surface area contributed by atoms with Crippen molar-refractivity contribution in [1.82, 2.24) is 5.32 Å². The Labute approximate surface area is 112 Å². The molecule has 1 atom stereocenters. The Morgan fingerprint density at radius 1 is 1.29 bits per heavy atom. The molecule has 0 aromatic heterocycles. The molecule has 3 rings (SSSR count). The van der Waals surface area contributed by atoms with Gasteiger partial charge in [0.05, 0.1) is 5.02 Å². The highest BCUT2D eigenvalue weighted by Gasteiger charge is 2.23. The number of rotatable bonds is 4. The van der Waals surface area contributed by atoms with Crippen molar-refractivity contribution < 1.29 is 0 Å². The number of hydrogen-bond acceptors (Lipinski definition) is 2. The van der Waals surface area contributed by atoms with Gasteiger partial charge in [-0.3, -0.25) is 0 Å². The van der Waals surface area contributed by atoms with Crippen LogP contribution in [-0.2, 0) is 6.42 Å². The standard InChI is InChI=1S/C14H18ClNS/c15-13-9-10(8-11-2-1-7-16-11)3-6-14(13)17-12-4-5-12/h3,6,9,11-12,16H,1-2,4-5,7-8H2. The second-order valence-electron chi connectivity index (χ2n) is 5.08. The summed E-state index contributed by atoms with van der Waals surface area (Å²) in [7, 11) is 0. The first-order valence-corrected chi connectivity index (χ1v) is 7.75. The zero-order chi connectivity index (χ0) is 11.7. The molecular weight excluding hydrogens is 250 g/mol. The Bertz CT molecular complexity index is 397. The van der Waals surface area contributed by atoms with Gasteiger partial charge >= 0.3 is 0 Å². The molecular formula is C14H18ClNS. The number of hydrogen-bond donors (Lipinski definition) is 1. The van der Waals surface area contributed by atoms with Gasteiger partial charge in [0.15, 0.2) is 0 Å². The third-order valence-corrected chi connectivity index (χ3v) is 5.30. The molecule has 0 radical (unpaired) electrons. The smallest absolute Gasteiger partial charge is 0.0544 e. The zero-order valence-corrected chi connectivity index (χ0v) is 11.5. The summed E-state index contributed by atoms with van der Waals surface area (Å²) in [6.07, 6.45) is 6.45. The van der Waals surface area contributed by atoms with Gasteiger partial charge in [-0.15, -0.1) is 11.8 Å². The lowest BCUT2D eigenvalue weighted by molar-refractivity contribution is 0.603. The molecule has 0 spiro atoms. The average Bonchev–Trinajstić information content (AvgIpc) is 2.98. The van der Waals surface area contributed by atoms with Crippen LogP contribution in [0.4, 0.5) is 0 Å². The minimum absolute atomic E-state index is 0.660. The van der Waals surface area contributed by atoms with Crippen LogP contribution in [0.1, 0.15) is 31.2 Å². The van der Waals surface area contributed by atoms with Gasteiger partial charge in [-0.25, -0.2) is 0 Å². The maximum Gasteiger partial charge on any atom is 0.0544 e. The van der Waals surface area contributed by atoms with Crippen LogP contribution in [0.2, 0.25) is 5.02 Å². The molecule has 3 heteroatoms. The molecule has 1 N–H and O–H groups in total. The topological polar surface area (TPSA) is 12.0 Å². The fourth-order valence-corrected chi connectivity index (χ4v) is 3.73. The third kappa shape index (κ3) is 3.18. The summed E-state index contributed by atoms with van der Waals surface area (Å²) in [5.41, 5.74) is 1.37. The van der Waals surface area contributed by atoms with Gasteiger partial charge in [0.2, 0.25) is 0 Å².